The molecule has 1 aromatic carbocycles. The van der Waals surface area contributed by atoms with Gasteiger partial charge in [-0.1, -0.05) is 30.3 Å². The summed E-state index contributed by atoms with van der Waals surface area (Å²) in [6.45, 7) is 0.597. The second-order valence-corrected chi connectivity index (χ2v) is 4.36. The monoisotopic (exact) mass is 288 g/mol. The maximum Gasteiger partial charge on any atom is 0.287 e. The van der Waals surface area contributed by atoms with Gasteiger partial charge in [-0.15, -0.1) is 0 Å². The summed E-state index contributed by atoms with van der Waals surface area (Å²) < 4.78 is 0. The second-order valence-electron chi connectivity index (χ2n) is 3.95. The lowest BCUT2D eigenvalue weighted by Crippen LogP contribution is -2.28. The van der Waals surface area contributed by atoms with E-state index in [0.29, 0.717) is 17.5 Å². The van der Waals surface area contributed by atoms with Crippen molar-refractivity contribution in [1.82, 2.24) is 10.3 Å². The Kier molecular flexibility index (Phi) is 4.56. The Bertz CT molecular complexity index is 602. The number of nitro groups is 1. The van der Waals surface area contributed by atoms with E-state index >= 15 is 0 Å². The van der Waals surface area contributed by atoms with Crippen LogP contribution in [-0.2, 0) is 6.54 Å². The average molecular weight is 288 g/mol. The number of thiocarbonyl (C=S) groups is 1. The molecule has 2 aromatic rings. The molecule has 1 heterocycles. The first-order chi connectivity index (χ1) is 9.65. The first-order valence-electron chi connectivity index (χ1n) is 5.84. The molecule has 20 heavy (non-hydrogen) atoms. The highest BCUT2D eigenvalue weighted by atomic mass is 32.1. The smallest absolute Gasteiger partial charge is 0.287 e. The van der Waals surface area contributed by atoms with E-state index in [1.54, 1.807) is 0 Å². The van der Waals surface area contributed by atoms with Gasteiger partial charge in [0.05, 0.1) is 4.92 Å². The molecule has 0 atom stereocenters. The van der Waals surface area contributed by atoms with E-state index in [0.717, 1.165) is 5.56 Å². The lowest BCUT2D eigenvalue weighted by Gasteiger charge is -2.09. The maximum atomic E-state index is 10.5. The molecule has 6 nitrogen and oxygen atoms in total. The molecule has 1 aromatic heterocycles. The van der Waals surface area contributed by atoms with Crippen LogP contribution in [0.2, 0.25) is 0 Å². The van der Waals surface area contributed by atoms with Gasteiger partial charge in [-0.25, -0.2) is 4.98 Å². The number of aromatic nitrogens is 1. The number of hydrogen-bond acceptors (Lipinski definition) is 4. The first-order valence-corrected chi connectivity index (χ1v) is 6.25. The van der Waals surface area contributed by atoms with Crippen LogP contribution >= 0.6 is 12.2 Å². The predicted molar refractivity (Wildman–Crippen MR) is 80.4 cm³/mol. The van der Waals surface area contributed by atoms with Gasteiger partial charge in [0.25, 0.3) is 5.69 Å². The van der Waals surface area contributed by atoms with Gasteiger partial charge in [0.15, 0.2) is 5.11 Å². The second kappa shape index (κ2) is 6.58. The summed E-state index contributed by atoms with van der Waals surface area (Å²) in [5.41, 5.74) is 1.05. The van der Waals surface area contributed by atoms with E-state index in [1.165, 1.54) is 18.3 Å². The van der Waals surface area contributed by atoms with Gasteiger partial charge in [-0.05, 0) is 23.8 Å². The zero-order valence-corrected chi connectivity index (χ0v) is 11.3. The molecular weight excluding hydrogens is 276 g/mol. The minimum Gasteiger partial charge on any atom is -0.358 e. The van der Waals surface area contributed by atoms with E-state index in [1.807, 2.05) is 30.3 Å². The highest BCUT2D eigenvalue weighted by Crippen LogP contribution is 2.11. The van der Waals surface area contributed by atoms with E-state index in [4.69, 9.17) is 12.2 Å². The molecule has 0 aliphatic heterocycles. The molecule has 0 fully saturated rings. The maximum absolute atomic E-state index is 10.5. The minimum absolute atomic E-state index is 0.0567. The Morgan fingerprint density at radius 2 is 2.00 bits per heavy atom. The fraction of sp³-hybridized carbons (Fsp3) is 0.0769. The Balaban J connectivity index is 1.86. The molecule has 2 rings (SSSR count). The number of pyridine rings is 1. The zero-order valence-electron chi connectivity index (χ0n) is 10.4. The Hall–Kier alpha value is -2.54. The van der Waals surface area contributed by atoms with Crippen LogP contribution in [0.25, 0.3) is 0 Å². The van der Waals surface area contributed by atoms with Crippen molar-refractivity contribution in [3.8, 4) is 0 Å². The van der Waals surface area contributed by atoms with Crippen molar-refractivity contribution in [3.63, 3.8) is 0 Å². The zero-order chi connectivity index (χ0) is 14.4. The molecule has 2 N–H and O–H groups in total. The van der Waals surface area contributed by atoms with Crippen LogP contribution in [0.15, 0.2) is 48.7 Å². The van der Waals surface area contributed by atoms with Crippen LogP contribution < -0.4 is 10.6 Å². The van der Waals surface area contributed by atoms with Crippen LogP contribution in [0.3, 0.4) is 0 Å². The SMILES string of the molecule is O=[N+]([O-])c1ccc(NC(=S)NCc2ccccc2)nc1. The Morgan fingerprint density at radius 1 is 1.25 bits per heavy atom. The van der Waals surface area contributed by atoms with E-state index in [9.17, 15) is 10.1 Å². The number of rotatable bonds is 4. The highest BCUT2D eigenvalue weighted by Gasteiger charge is 2.05. The van der Waals surface area contributed by atoms with Gasteiger partial charge in [0, 0.05) is 12.6 Å². The van der Waals surface area contributed by atoms with Gasteiger partial charge in [-0.2, -0.15) is 0 Å². The summed E-state index contributed by atoms with van der Waals surface area (Å²) in [5, 5.41) is 16.8. The Morgan fingerprint density at radius 3 is 2.60 bits per heavy atom. The van der Waals surface area contributed by atoms with Crippen LogP contribution in [0.5, 0.6) is 0 Å². The fourth-order valence-electron chi connectivity index (χ4n) is 1.51. The molecule has 7 heteroatoms. The summed E-state index contributed by atoms with van der Waals surface area (Å²) in [6, 6.07) is 12.7. The minimum atomic E-state index is -0.497. The van der Waals surface area contributed by atoms with Gasteiger partial charge >= 0.3 is 0 Å². The van der Waals surface area contributed by atoms with E-state index in [-0.39, 0.29) is 5.69 Å². The molecule has 0 radical (unpaired) electrons. The lowest BCUT2D eigenvalue weighted by atomic mass is 10.2. The summed E-state index contributed by atoms with van der Waals surface area (Å²) in [6.07, 6.45) is 1.18. The van der Waals surface area contributed by atoms with Crippen molar-refractivity contribution in [2.24, 2.45) is 0 Å². The summed E-state index contributed by atoms with van der Waals surface area (Å²) in [7, 11) is 0. The van der Waals surface area contributed by atoms with Gasteiger partial charge in [0.1, 0.15) is 12.0 Å². The standard InChI is InChI=1S/C13H12N4O2S/c18-17(19)11-6-7-12(14-9-11)16-13(20)15-8-10-4-2-1-3-5-10/h1-7,9H,8H2,(H2,14,15,16,20). The molecule has 0 bridgehead atoms. The molecule has 0 unspecified atom stereocenters. The number of benzene rings is 1. The summed E-state index contributed by atoms with van der Waals surface area (Å²) in [5.74, 6) is 0.459. The van der Waals surface area contributed by atoms with Crippen LogP contribution in [0.1, 0.15) is 5.56 Å². The third kappa shape index (κ3) is 3.99. The molecule has 0 saturated heterocycles. The third-order valence-corrected chi connectivity index (χ3v) is 2.74. The molecule has 0 aliphatic carbocycles. The average Bonchev–Trinajstić information content (AvgIpc) is 2.47. The number of nitrogens with zero attached hydrogens (tertiary/aromatic N) is 2. The number of hydrogen-bond donors (Lipinski definition) is 2. The largest absolute Gasteiger partial charge is 0.358 e. The van der Waals surface area contributed by atoms with E-state index < -0.39 is 4.92 Å². The molecule has 0 amide bonds. The van der Waals surface area contributed by atoms with Crippen molar-refractivity contribution >= 4 is 28.8 Å². The molecule has 0 spiro atoms. The van der Waals surface area contributed by atoms with Crippen molar-refractivity contribution in [2.45, 2.75) is 6.54 Å². The summed E-state index contributed by atoms with van der Waals surface area (Å²) >= 11 is 5.12. The highest BCUT2D eigenvalue weighted by molar-refractivity contribution is 7.80. The van der Waals surface area contributed by atoms with Gasteiger partial charge in [0.2, 0.25) is 0 Å². The third-order valence-electron chi connectivity index (χ3n) is 2.50. The quantitative estimate of drug-likeness (QED) is 0.511. The molecular formula is C13H12N4O2S. The van der Waals surface area contributed by atoms with Crippen molar-refractivity contribution < 1.29 is 4.92 Å². The van der Waals surface area contributed by atoms with Gasteiger partial charge < -0.3 is 10.6 Å². The van der Waals surface area contributed by atoms with Crippen molar-refractivity contribution in [2.75, 3.05) is 5.32 Å². The predicted octanol–water partition coefficient (Wildman–Crippen LogP) is 2.48. The van der Waals surface area contributed by atoms with Crippen LogP contribution in [0.4, 0.5) is 11.5 Å². The van der Waals surface area contributed by atoms with Crippen molar-refractivity contribution in [3.05, 3.63) is 64.3 Å². The number of anilines is 1. The van der Waals surface area contributed by atoms with Gasteiger partial charge in [-0.3, -0.25) is 10.1 Å². The molecule has 0 aliphatic rings. The lowest BCUT2D eigenvalue weighted by molar-refractivity contribution is -0.385. The molecule has 0 saturated carbocycles. The van der Waals surface area contributed by atoms with Crippen LogP contribution in [0, 0.1) is 10.1 Å². The van der Waals surface area contributed by atoms with Crippen molar-refractivity contribution in [1.29, 1.82) is 0 Å². The molecule has 102 valence electrons. The first kappa shape index (κ1) is 13.9. The normalized spacial score (nSPS) is 9.80. The fourth-order valence-corrected chi connectivity index (χ4v) is 1.68. The van der Waals surface area contributed by atoms with Crippen LogP contribution in [-0.4, -0.2) is 15.0 Å². The summed E-state index contributed by atoms with van der Waals surface area (Å²) in [4.78, 5) is 13.9. The topological polar surface area (TPSA) is 80.1 Å². The Labute approximate surface area is 121 Å². The number of nitrogens with one attached hydrogen (secondary N) is 2. The van der Waals surface area contributed by atoms with E-state index in [2.05, 4.69) is 15.6 Å².